The van der Waals surface area contributed by atoms with Gasteiger partial charge in [0.1, 0.15) is 17.7 Å². The molecule has 1 aromatic heterocycles. The first-order valence-corrected chi connectivity index (χ1v) is 7.83. The zero-order chi connectivity index (χ0) is 11.8. The lowest BCUT2D eigenvalue weighted by Gasteiger charge is -2.36. The fourth-order valence-electron chi connectivity index (χ4n) is 2.19. The summed E-state index contributed by atoms with van der Waals surface area (Å²) in [5.41, 5.74) is 0. The molecule has 1 saturated carbocycles. The van der Waals surface area contributed by atoms with Gasteiger partial charge in [-0.15, -0.1) is 11.8 Å². The fourth-order valence-corrected chi connectivity index (χ4v) is 3.21. The van der Waals surface area contributed by atoms with Gasteiger partial charge in [-0.1, -0.05) is 6.42 Å². The molecule has 0 spiro atoms. The average molecular weight is 316 g/mol. The molecule has 1 atom stereocenters. The molecule has 17 heavy (non-hydrogen) atoms. The van der Waals surface area contributed by atoms with Crippen molar-refractivity contribution in [1.29, 1.82) is 0 Å². The van der Waals surface area contributed by atoms with E-state index in [1.54, 1.807) is 11.8 Å². The molecule has 2 heterocycles. The van der Waals surface area contributed by atoms with Crippen molar-refractivity contribution in [3.05, 3.63) is 10.7 Å². The van der Waals surface area contributed by atoms with Gasteiger partial charge < -0.3 is 9.47 Å². The van der Waals surface area contributed by atoms with Crippen LogP contribution in [-0.4, -0.2) is 24.0 Å². The molecule has 0 saturated heterocycles. The van der Waals surface area contributed by atoms with E-state index in [1.807, 2.05) is 12.3 Å². The topological polar surface area (TPSA) is 31.4 Å². The van der Waals surface area contributed by atoms with Crippen molar-refractivity contribution in [2.24, 2.45) is 5.92 Å². The molecule has 3 rings (SSSR count). The first-order valence-electron chi connectivity index (χ1n) is 5.82. The fraction of sp³-hybridized carbons (Fsp3) is 0.583. The van der Waals surface area contributed by atoms with Crippen molar-refractivity contribution in [2.75, 3.05) is 12.9 Å². The monoisotopic (exact) mass is 315 g/mol. The number of hydrogen-bond donors (Lipinski definition) is 0. The molecule has 2 aliphatic rings. The highest BCUT2D eigenvalue weighted by Gasteiger charge is 2.33. The highest BCUT2D eigenvalue weighted by Crippen LogP contribution is 2.42. The van der Waals surface area contributed by atoms with Gasteiger partial charge in [-0.3, -0.25) is 0 Å². The molecule has 1 unspecified atom stereocenters. The van der Waals surface area contributed by atoms with Gasteiger partial charge in [0.2, 0.25) is 0 Å². The van der Waals surface area contributed by atoms with E-state index in [-0.39, 0.29) is 6.10 Å². The molecule has 0 N–H and O–H groups in total. The molecule has 1 aliphatic heterocycles. The molecular formula is C12H14BrNO2S. The molecule has 1 fully saturated rings. The summed E-state index contributed by atoms with van der Waals surface area (Å²) in [5, 5.41) is 0.952. The van der Waals surface area contributed by atoms with Gasteiger partial charge in [0.05, 0.1) is 0 Å². The summed E-state index contributed by atoms with van der Waals surface area (Å²) in [5.74, 6) is 2.26. The van der Waals surface area contributed by atoms with Crippen LogP contribution in [-0.2, 0) is 0 Å². The highest BCUT2D eigenvalue weighted by molar-refractivity contribution is 9.10. The lowest BCUT2D eigenvalue weighted by molar-refractivity contribution is 0.0175. The zero-order valence-corrected chi connectivity index (χ0v) is 12.0. The Bertz CT molecular complexity index is 437. The van der Waals surface area contributed by atoms with Crippen LogP contribution in [0.15, 0.2) is 15.7 Å². The van der Waals surface area contributed by atoms with Crippen LogP contribution in [0.3, 0.4) is 0 Å². The van der Waals surface area contributed by atoms with Gasteiger partial charge in [-0.05, 0) is 40.9 Å². The summed E-state index contributed by atoms with van der Waals surface area (Å²) in [6.45, 7) is 0.649. The van der Waals surface area contributed by atoms with Gasteiger partial charge in [0, 0.05) is 6.07 Å². The molecule has 3 nitrogen and oxygen atoms in total. The lowest BCUT2D eigenvalue weighted by atomic mass is 9.81. The molecule has 0 aromatic carbocycles. The lowest BCUT2D eigenvalue weighted by Crippen LogP contribution is -2.39. The Morgan fingerprint density at radius 2 is 2.29 bits per heavy atom. The summed E-state index contributed by atoms with van der Waals surface area (Å²) >= 11 is 5.04. The molecule has 1 aliphatic carbocycles. The zero-order valence-electron chi connectivity index (χ0n) is 9.61. The SMILES string of the molecule is CSc1cc2c(c(Br)n1)OCC(C1CCC1)O2. The van der Waals surface area contributed by atoms with E-state index < -0.39 is 0 Å². The van der Waals surface area contributed by atoms with Crippen LogP contribution in [0, 0.1) is 5.92 Å². The number of ether oxygens (including phenoxy) is 2. The molecule has 1 aromatic rings. The number of nitrogens with zero attached hydrogens (tertiary/aromatic N) is 1. The minimum atomic E-state index is 0.222. The van der Waals surface area contributed by atoms with Crippen LogP contribution >= 0.6 is 27.7 Å². The summed E-state index contributed by atoms with van der Waals surface area (Å²) in [6, 6.07) is 1.97. The van der Waals surface area contributed by atoms with Crippen molar-refractivity contribution in [2.45, 2.75) is 30.4 Å². The third-order valence-electron chi connectivity index (χ3n) is 3.43. The molecule has 0 bridgehead atoms. The normalized spacial score (nSPS) is 23.3. The average Bonchev–Trinajstić information content (AvgIpc) is 2.26. The Hall–Kier alpha value is -0.420. The number of pyridine rings is 1. The van der Waals surface area contributed by atoms with Gasteiger partial charge in [0.15, 0.2) is 16.1 Å². The van der Waals surface area contributed by atoms with Crippen LogP contribution in [0.5, 0.6) is 11.5 Å². The second-order valence-corrected chi connectivity index (χ2v) is 6.02. The number of halogens is 1. The van der Waals surface area contributed by atoms with Crippen molar-refractivity contribution < 1.29 is 9.47 Å². The Kier molecular flexibility index (Phi) is 3.21. The molecule has 5 heteroatoms. The van der Waals surface area contributed by atoms with E-state index in [2.05, 4.69) is 20.9 Å². The number of thioether (sulfide) groups is 1. The summed E-state index contributed by atoms with van der Waals surface area (Å²) in [7, 11) is 0. The quantitative estimate of drug-likeness (QED) is 0.617. The van der Waals surface area contributed by atoms with Crippen LogP contribution in [0.2, 0.25) is 0 Å². The van der Waals surface area contributed by atoms with Gasteiger partial charge in [0.25, 0.3) is 0 Å². The first-order chi connectivity index (χ1) is 8.28. The summed E-state index contributed by atoms with van der Waals surface area (Å²) < 4.78 is 12.6. The minimum absolute atomic E-state index is 0.222. The number of rotatable bonds is 2. The van der Waals surface area contributed by atoms with Gasteiger partial charge in [-0.25, -0.2) is 4.98 Å². The van der Waals surface area contributed by atoms with Crippen molar-refractivity contribution >= 4 is 27.7 Å². The predicted octanol–water partition coefficient (Wildman–Crippen LogP) is 3.51. The van der Waals surface area contributed by atoms with E-state index in [1.165, 1.54) is 19.3 Å². The van der Waals surface area contributed by atoms with E-state index in [9.17, 15) is 0 Å². The number of fused-ring (bicyclic) bond motifs is 1. The number of hydrogen-bond acceptors (Lipinski definition) is 4. The third kappa shape index (κ3) is 2.15. The third-order valence-corrected chi connectivity index (χ3v) is 4.59. The van der Waals surface area contributed by atoms with E-state index >= 15 is 0 Å². The molecule has 0 amide bonds. The second kappa shape index (κ2) is 4.69. The molecule has 92 valence electrons. The Labute approximate surface area is 113 Å². The first kappa shape index (κ1) is 11.7. The van der Waals surface area contributed by atoms with Crippen LogP contribution in [0.4, 0.5) is 0 Å². The second-order valence-electron chi connectivity index (χ2n) is 4.44. The van der Waals surface area contributed by atoms with Crippen molar-refractivity contribution in [3.8, 4) is 11.5 Å². The smallest absolute Gasteiger partial charge is 0.194 e. The Balaban J connectivity index is 1.86. The minimum Gasteiger partial charge on any atom is -0.483 e. The standard InChI is InChI=1S/C12H14BrNO2S/c1-17-10-5-8-11(12(13)14-10)15-6-9(16-8)7-3-2-4-7/h5,7,9H,2-4,6H2,1H3. The maximum Gasteiger partial charge on any atom is 0.194 e. The van der Waals surface area contributed by atoms with Crippen molar-refractivity contribution in [1.82, 2.24) is 4.98 Å². The molecular weight excluding hydrogens is 302 g/mol. The van der Waals surface area contributed by atoms with Crippen LogP contribution in [0.1, 0.15) is 19.3 Å². The number of aromatic nitrogens is 1. The van der Waals surface area contributed by atoms with Gasteiger partial charge >= 0.3 is 0 Å². The molecule has 0 radical (unpaired) electrons. The van der Waals surface area contributed by atoms with Crippen LogP contribution < -0.4 is 9.47 Å². The summed E-state index contributed by atoms with van der Waals surface area (Å²) in [4.78, 5) is 4.38. The van der Waals surface area contributed by atoms with Crippen molar-refractivity contribution in [3.63, 3.8) is 0 Å². The van der Waals surface area contributed by atoms with Crippen LogP contribution in [0.25, 0.3) is 0 Å². The largest absolute Gasteiger partial charge is 0.483 e. The maximum atomic E-state index is 6.05. The highest BCUT2D eigenvalue weighted by atomic mass is 79.9. The Morgan fingerprint density at radius 1 is 1.47 bits per heavy atom. The Morgan fingerprint density at radius 3 is 2.94 bits per heavy atom. The van der Waals surface area contributed by atoms with E-state index in [0.717, 1.165) is 21.1 Å². The van der Waals surface area contributed by atoms with E-state index in [0.29, 0.717) is 12.5 Å². The van der Waals surface area contributed by atoms with Gasteiger partial charge in [-0.2, -0.15) is 0 Å². The maximum absolute atomic E-state index is 6.05. The summed E-state index contributed by atoms with van der Waals surface area (Å²) in [6.07, 6.45) is 6.10. The predicted molar refractivity (Wildman–Crippen MR) is 71.0 cm³/mol. The van der Waals surface area contributed by atoms with E-state index in [4.69, 9.17) is 9.47 Å².